The second-order valence-corrected chi connectivity index (χ2v) is 11.6. The van der Waals surface area contributed by atoms with Crippen LogP contribution in [0.5, 0.6) is 0 Å². The molecule has 0 radical (unpaired) electrons. The van der Waals surface area contributed by atoms with E-state index in [2.05, 4.69) is 145 Å². The predicted molar refractivity (Wildman–Crippen MR) is 174 cm³/mol. The van der Waals surface area contributed by atoms with Gasteiger partial charge in [0.25, 0.3) is 13.4 Å². The normalized spacial score (nSPS) is 15.2. The molecule has 6 heteroatoms. The Morgan fingerprint density at radius 1 is 0.350 bits per heavy atom. The molecule has 40 heavy (non-hydrogen) atoms. The first-order chi connectivity index (χ1) is 19.5. The third-order valence-electron chi connectivity index (χ3n) is 9.88. The lowest BCUT2D eigenvalue weighted by Crippen LogP contribution is -2.64. The molecular weight excluding hydrogens is 486 g/mol. The van der Waals surface area contributed by atoms with Crippen LogP contribution in [0.4, 0.5) is 45.5 Å². The van der Waals surface area contributed by atoms with Crippen molar-refractivity contribution in [3.63, 3.8) is 0 Å². The van der Waals surface area contributed by atoms with Crippen LogP contribution in [0.2, 0.25) is 0 Å². The Hall–Kier alpha value is -4.57. The molecule has 5 aromatic rings. The first-order valence-electron chi connectivity index (χ1n) is 14.1. The van der Waals surface area contributed by atoms with Gasteiger partial charge in [0.1, 0.15) is 0 Å². The van der Waals surface area contributed by atoms with E-state index in [0.29, 0.717) is 0 Å². The molecule has 4 aliphatic heterocycles. The largest absolute Gasteiger partial charge is 0.345 e. The average molecular weight is 514 g/mol. The summed E-state index contributed by atoms with van der Waals surface area (Å²) in [7, 11) is 8.89. The van der Waals surface area contributed by atoms with E-state index in [-0.39, 0.29) is 13.4 Å². The molecule has 5 aromatic carbocycles. The van der Waals surface area contributed by atoms with Crippen LogP contribution < -0.4 is 52.4 Å². The highest BCUT2D eigenvalue weighted by molar-refractivity contribution is 7.02. The first kappa shape index (κ1) is 22.3. The molecule has 0 bridgehead atoms. The van der Waals surface area contributed by atoms with Gasteiger partial charge < -0.3 is 19.6 Å². The van der Waals surface area contributed by atoms with Gasteiger partial charge in [0.15, 0.2) is 0 Å². The number of para-hydroxylation sites is 2. The van der Waals surface area contributed by atoms with E-state index in [1.165, 1.54) is 78.3 Å². The van der Waals surface area contributed by atoms with Crippen LogP contribution in [0.3, 0.4) is 0 Å². The summed E-state index contributed by atoms with van der Waals surface area (Å²) in [6.07, 6.45) is 0. The van der Waals surface area contributed by atoms with Gasteiger partial charge >= 0.3 is 0 Å². The summed E-state index contributed by atoms with van der Waals surface area (Å²) in [6, 6.07) is 36.4. The van der Waals surface area contributed by atoms with Gasteiger partial charge in [-0.05, 0) is 81.3 Å². The van der Waals surface area contributed by atoms with Gasteiger partial charge in [-0.3, -0.25) is 0 Å². The molecule has 0 aliphatic carbocycles. The SMILES string of the molecule is CN1c2ccccc2B2c3cc4c(cc3N(C)c3cccc1c32)B1c2ccccc2N(C)c2cccc(c21)N4C. The highest BCUT2D eigenvalue weighted by atomic mass is 15.2. The molecular formula is C34H28B2N4. The Morgan fingerprint density at radius 2 is 0.675 bits per heavy atom. The van der Waals surface area contributed by atoms with Crippen LogP contribution in [0.1, 0.15) is 0 Å². The van der Waals surface area contributed by atoms with E-state index in [1.807, 2.05) is 0 Å². The van der Waals surface area contributed by atoms with Crippen molar-refractivity contribution in [3.05, 3.63) is 97.1 Å². The average Bonchev–Trinajstić information content (AvgIpc) is 3.00. The van der Waals surface area contributed by atoms with Crippen molar-refractivity contribution >= 4 is 91.7 Å². The van der Waals surface area contributed by atoms with Crippen LogP contribution >= 0.6 is 0 Å². The van der Waals surface area contributed by atoms with Crippen LogP contribution in [0.25, 0.3) is 0 Å². The highest BCUT2D eigenvalue weighted by Gasteiger charge is 2.45. The number of anilines is 8. The van der Waals surface area contributed by atoms with Gasteiger partial charge in [-0.25, -0.2) is 0 Å². The maximum absolute atomic E-state index is 2.50. The van der Waals surface area contributed by atoms with Gasteiger partial charge in [0, 0.05) is 73.7 Å². The topological polar surface area (TPSA) is 13.0 Å². The van der Waals surface area contributed by atoms with Crippen molar-refractivity contribution in [2.75, 3.05) is 47.8 Å². The molecule has 0 spiro atoms. The van der Waals surface area contributed by atoms with E-state index in [0.717, 1.165) is 0 Å². The molecule has 4 aliphatic rings. The third-order valence-corrected chi connectivity index (χ3v) is 9.88. The molecule has 9 rings (SSSR count). The number of hydrogen-bond acceptors (Lipinski definition) is 4. The number of benzene rings is 5. The van der Waals surface area contributed by atoms with Crippen molar-refractivity contribution in [1.29, 1.82) is 0 Å². The van der Waals surface area contributed by atoms with Crippen LogP contribution in [0.15, 0.2) is 97.1 Å². The van der Waals surface area contributed by atoms with Gasteiger partial charge in [0.05, 0.1) is 0 Å². The zero-order valence-corrected chi connectivity index (χ0v) is 23.2. The summed E-state index contributed by atoms with van der Waals surface area (Å²) >= 11 is 0. The fraction of sp³-hybridized carbons (Fsp3) is 0.118. The minimum Gasteiger partial charge on any atom is -0.345 e. The van der Waals surface area contributed by atoms with Gasteiger partial charge in [0.2, 0.25) is 0 Å². The quantitative estimate of drug-likeness (QED) is 0.295. The summed E-state index contributed by atoms with van der Waals surface area (Å²) in [5.41, 5.74) is 18.7. The predicted octanol–water partition coefficient (Wildman–Crippen LogP) is 3.04. The number of rotatable bonds is 0. The number of hydrogen-bond donors (Lipinski definition) is 0. The van der Waals surface area contributed by atoms with E-state index < -0.39 is 0 Å². The van der Waals surface area contributed by atoms with E-state index in [9.17, 15) is 0 Å². The van der Waals surface area contributed by atoms with Crippen molar-refractivity contribution in [1.82, 2.24) is 0 Å². The summed E-state index contributed by atoms with van der Waals surface area (Å²) in [4.78, 5) is 9.58. The molecule has 0 unspecified atom stereocenters. The summed E-state index contributed by atoms with van der Waals surface area (Å²) in [5.74, 6) is 0. The van der Waals surface area contributed by atoms with Crippen LogP contribution in [-0.4, -0.2) is 41.6 Å². The highest BCUT2D eigenvalue weighted by Crippen LogP contribution is 2.39. The minimum absolute atomic E-state index is 0.195. The summed E-state index contributed by atoms with van der Waals surface area (Å²) in [5, 5.41) is 0. The van der Waals surface area contributed by atoms with Crippen molar-refractivity contribution < 1.29 is 0 Å². The summed E-state index contributed by atoms with van der Waals surface area (Å²) in [6.45, 7) is 0.391. The Balaban J connectivity index is 1.35. The molecule has 0 N–H and O–H groups in total. The van der Waals surface area contributed by atoms with E-state index in [1.54, 1.807) is 0 Å². The molecule has 0 saturated heterocycles. The standard InChI is InChI=1S/C34H28B2N4/c1-37-25-13-7-5-11-21(25)35-23-19-32-24(20-31(23)39(3)29-17-9-15-27(37)33(29)35)36-22-12-6-8-14-26(22)38(2)28-16-10-18-30(34(28)36)40(32)4/h5-20H,1-4H3. The van der Waals surface area contributed by atoms with Crippen molar-refractivity contribution in [2.24, 2.45) is 0 Å². The monoisotopic (exact) mass is 514 g/mol. The van der Waals surface area contributed by atoms with E-state index in [4.69, 9.17) is 0 Å². The molecule has 4 heterocycles. The second-order valence-electron chi connectivity index (χ2n) is 11.6. The first-order valence-corrected chi connectivity index (χ1v) is 14.1. The molecule has 0 aromatic heterocycles. The summed E-state index contributed by atoms with van der Waals surface area (Å²) < 4.78 is 0. The van der Waals surface area contributed by atoms with Gasteiger partial charge in [-0.15, -0.1) is 0 Å². The van der Waals surface area contributed by atoms with Gasteiger partial charge in [-0.2, -0.15) is 0 Å². The van der Waals surface area contributed by atoms with Crippen LogP contribution in [0, 0.1) is 0 Å². The zero-order valence-electron chi connectivity index (χ0n) is 23.2. The molecule has 190 valence electrons. The molecule has 0 saturated carbocycles. The Kier molecular flexibility index (Phi) is 4.20. The zero-order chi connectivity index (χ0) is 26.9. The molecule has 4 nitrogen and oxygen atoms in total. The maximum atomic E-state index is 2.50. The number of fused-ring (bicyclic) bond motifs is 8. The third kappa shape index (κ3) is 2.55. The maximum Gasteiger partial charge on any atom is 0.252 e. The van der Waals surface area contributed by atoms with Crippen LogP contribution in [-0.2, 0) is 0 Å². The second kappa shape index (κ2) is 7.54. The molecule has 0 fully saturated rings. The molecule has 0 atom stereocenters. The Labute approximate surface area is 236 Å². The lowest BCUT2D eigenvalue weighted by molar-refractivity contribution is 1.17. The Morgan fingerprint density at radius 3 is 1.07 bits per heavy atom. The minimum atomic E-state index is 0.195. The lowest BCUT2D eigenvalue weighted by atomic mass is 9.31. The molecule has 0 amide bonds. The Bertz CT molecular complexity index is 1780. The van der Waals surface area contributed by atoms with E-state index >= 15 is 0 Å². The number of nitrogens with zero attached hydrogens (tertiary/aromatic N) is 4. The smallest absolute Gasteiger partial charge is 0.252 e. The lowest BCUT2D eigenvalue weighted by Gasteiger charge is -2.45. The fourth-order valence-corrected chi connectivity index (χ4v) is 8.05. The van der Waals surface area contributed by atoms with Crippen molar-refractivity contribution in [2.45, 2.75) is 0 Å². The van der Waals surface area contributed by atoms with Gasteiger partial charge in [-0.1, -0.05) is 48.5 Å². The fourth-order valence-electron chi connectivity index (χ4n) is 8.05. The van der Waals surface area contributed by atoms with Crippen molar-refractivity contribution in [3.8, 4) is 0 Å².